The molecule has 3 rings (SSSR count). The van der Waals surface area contributed by atoms with Crippen molar-refractivity contribution in [1.29, 1.82) is 0 Å². The molecule has 162 valence electrons. The summed E-state index contributed by atoms with van der Waals surface area (Å²) < 4.78 is 33.1. The zero-order valence-electron chi connectivity index (χ0n) is 16.8. The number of rotatable bonds is 8. The van der Waals surface area contributed by atoms with E-state index in [0.717, 1.165) is 9.79 Å². The normalized spacial score (nSPS) is 12.2. The Morgan fingerprint density at radius 2 is 1.71 bits per heavy atom. The highest BCUT2D eigenvalue weighted by molar-refractivity contribution is 7.99. The summed E-state index contributed by atoms with van der Waals surface area (Å²) in [5.41, 5.74) is 0.590. The van der Waals surface area contributed by atoms with Crippen LogP contribution in [-0.2, 0) is 14.8 Å². The fraction of sp³-hybridized carbons (Fsp3) is 0.136. The first-order chi connectivity index (χ1) is 14.8. The van der Waals surface area contributed by atoms with Crippen LogP contribution < -0.4 is 14.8 Å². The van der Waals surface area contributed by atoms with E-state index in [4.69, 9.17) is 16.3 Å². The first-order valence-corrected chi connectivity index (χ1v) is 12.0. The van der Waals surface area contributed by atoms with Gasteiger partial charge in [-0.05, 0) is 49.4 Å². The third-order valence-corrected chi connectivity index (χ3v) is 7.14. The number of hydrogen-bond acceptors (Lipinski definition) is 5. The lowest BCUT2D eigenvalue weighted by atomic mass is 10.3. The molecule has 1 amide bonds. The first-order valence-electron chi connectivity index (χ1n) is 9.29. The Morgan fingerprint density at radius 3 is 2.42 bits per heavy atom. The van der Waals surface area contributed by atoms with Gasteiger partial charge in [-0.25, -0.2) is 8.42 Å². The molecular weight excluding hydrogens is 456 g/mol. The maximum absolute atomic E-state index is 12.8. The van der Waals surface area contributed by atoms with E-state index in [2.05, 4.69) is 10.0 Å². The van der Waals surface area contributed by atoms with Crippen molar-refractivity contribution in [2.75, 3.05) is 12.4 Å². The minimum Gasteiger partial charge on any atom is -0.495 e. The van der Waals surface area contributed by atoms with Crippen molar-refractivity contribution in [3.63, 3.8) is 0 Å². The molecule has 31 heavy (non-hydrogen) atoms. The van der Waals surface area contributed by atoms with Crippen LogP contribution in [0.4, 0.5) is 5.69 Å². The monoisotopic (exact) mass is 476 g/mol. The predicted octanol–water partition coefficient (Wildman–Crippen LogP) is 4.81. The van der Waals surface area contributed by atoms with Crippen LogP contribution in [0.2, 0.25) is 5.02 Å². The zero-order valence-corrected chi connectivity index (χ0v) is 19.2. The number of sulfonamides is 1. The lowest BCUT2D eigenvalue weighted by Gasteiger charge is -2.17. The molecule has 0 spiro atoms. The Morgan fingerprint density at radius 1 is 1.03 bits per heavy atom. The molecule has 0 aliphatic rings. The van der Waals surface area contributed by atoms with Gasteiger partial charge in [0.1, 0.15) is 10.6 Å². The van der Waals surface area contributed by atoms with Gasteiger partial charge >= 0.3 is 0 Å². The number of benzene rings is 3. The van der Waals surface area contributed by atoms with Gasteiger partial charge in [-0.15, -0.1) is 0 Å². The minimum absolute atomic E-state index is 0.133. The Hall–Kier alpha value is -2.52. The van der Waals surface area contributed by atoms with Gasteiger partial charge in [-0.1, -0.05) is 53.7 Å². The van der Waals surface area contributed by atoms with Crippen molar-refractivity contribution >= 4 is 45.0 Å². The van der Waals surface area contributed by atoms with E-state index in [9.17, 15) is 13.2 Å². The summed E-state index contributed by atoms with van der Waals surface area (Å²) in [5, 5.41) is 3.04. The number of nitrogens with one attached hydrogen (secondary N) is 2. The van der Waals surface area contributed by atoms with Gasteiger partial charge in [0, 0.05) is 14.8 Å². The highest BCUT2D eigenvalue weighted by Crippen LogP contribution is 2.33. The van der Waals surface area contributed by atoms with Crippen molar-refractivity contribution in [2.24, 2.45) is 0 Å². The fourth-order valence-corrected chi connectivity index (χ4v) is 5.28. The summed E-state index contributed by atoms with van der Waals surface area (Å²) in [5.74, 6) is -0.361. The molecule has 0 unspecified atom stereocenters. The lowest BCUT2D eigenvalue weighted by Crippen LogP contribution is -2.41. The maximum atomic E-state index is 12.8. The average molecular weight is 477 g/mol. The van der Waals surface area contributed by atoms with Gasteiger partial charge in [-0.2, -0.15) is 4.72 Å². The van der Waals surface area contributed by atoms with Crippen molar-refractivity contribution in [3.8, 4) is 5.75 Å². The van der Waals surface area contributed by atoms with Crippen LogP contribution in [0.15, 0.2) is 87.5 Å². The quantitative estimate of drug-likeness (QED) is 0.487. The Labute approximate surface area is 191 Å². The Balaban J connectivity index is 1.75. The van der Waals surface area contributed by atoms with Crippen LogP contribution in [0.25, 0.3) is 0 Å². The van der Waals surface area contributed by atoms with Crippen molar-refractivity contribution in [1.82, 2.24) is 4.72 Å². The van der Waals surface area contributed by atoms with Crippen molar-refractivity contribution < 1.29 is 17.9 Å². The number of para-hydroxylation sites is 1. The van der Waals surface area contributed by atoms with Crippen LogP contribution in [0, 0.1) is 0 Å². The first kappa shape index (κ1) is 23.1. The Kier molecular flexibility index (Phi) is 7.61. The molecule has 0 radical (unpaired) electrons. The highest BCUT2D eigenvalue weighted by Gasteiger charge is 2.25. The number of halogens is 1. The largest absolute Gasteiger partial charge is 0.495 e. The summed E-state index contributed by atoms with van der Waals surface area (Å²) in [4.78, 5) is 14.5. The van der Waals surface area contributed by atoms with E-state index in [1.54, 1.807) is 12.1 Å². The second-order valence-corrected chi connectivity index (χ2v) is 9.77. The molecule has 0 aliphatic heterocycles. The molecule has 0 saturated heterocycles. The third-order valence-electron chi connectivity index (χ3n) is 4.26. The molecule has 0 aliphatic carbocycles. The maximum Gasteiger partial charge on any atom is 0.245 e. The third kappa shape index (κ3) is 6.01. The molecule has 3 aromatic rings. The van der Waals surface area contributed by atoms with Crippen LogP contribution in [0.3, 0.4) is 0 Å². The van der Waals surface area contributed by atoms with Gasteiger partial charge in [0.05, 0.1) is 18.8 Å². The molecule has 0 saturated carbocycles. The number of anilines is 1. The highest BCUT2D eigenvalue weighted by atomic mass is 35.5. The second kappa shape index (κ2) is 10.2. The summed E-state index contributed by atoms with van der Waals surface area (Å²) in [6.07, 6.45) is 0. The average Bonchev–Trinajstić information content (AvgIpc) is 2.75. The molecule has 6 nitrogen and oxygen atoms in total. The van der Waals surface area contributed by atoms with Crippen LogP contribution in [0.1, 0.15) is 6.92 Å². The lowest BCUT2D eigenvalue weighted by molar-refractivity contribution is -0.117. The fourth-order valence-electron chi connectivity index (χ4n) is 2.73. The van der Waals surface area contributed by atoms with Gasteiger partial charge < -0.3 is 10.1 Å². The number of methoxy groups -OCH3 is 1. The SMILES string of the molecule is COc1ccc(Cl)cc1S(=O)(=O)N[C@@H](C)C(=O)Nc1ccccc1Sc1ccccc1. The van der Waals surface area contributed by atoms with E-state index >= 15 is 0 Å². The van der Waals surface area contributed by atoms with Crippen LogP contribution in [-0.4, -0.2) is 27.5 Å². The van der Waals surface area contributed by atoms with Crippen molar-refractivity contribution in [2.45, 2.75) is 27.7 Å². The summed E-state index contributed by atoms with van der Waals surface area (Å²) >= 11 is 7.44. The summed E-state index contributed by atoms with van der Waals surface area (Å²) in [6, 6.07) is 20.3. The van der Waals surface area contributed by atoms with Gasteiger partial charge in [-0.3, -0.25) is 4.79 Å². The zero-order chi connectivity index (χ0) is 22.4. The smallest absolute Gasteiger partial charge is 0.245 e. The molecule has 0 fully saturated rings. The van der Waals surface area contributed by atoms with E-state index < -0.39 is 22.0 Å². The molecule has 9 heteroatoms. The summed E-state index contributed by atoms with van der Waals surface area (Å²) in [6.45, 7) is 1.47. The molecule has 2 N–H and O–H groups in total. The molecule has 0 heterocycles. The van der Waals surface area contributed by atoms with E-state index in [1.165, 1.54) is 44.0 Å². The molecule has 3 aromatic carbocycles. The topological polar surface area (TPSA) is 84.5 Å². The standard InChI is InChI=1S/C22H21ClN2O4S2/c1-15(25-31(27,28)21-14-16(23)12-13-19(21)29-2)22(26)24-18-10-6-7-11-20(18)30-17-8-4-3-5-9-17/h3-15,25H,1-2H3,(H,24,26)/t15-/m0/s1. The number of ether oxygens (including phenoxy) is 1. The second-order valence-electron chi connectivity index (χ2n) is 6.54. The molecule has 0 bridgehead atoms. The van der Waals surface area contributed by atoms with Crippen LogP contribution in [0.5, 0.6) is 5.75 Å². The van der Waals surface area contributed by atoms with Gasteiger partial charge in [0.15, 0.2) is 0 Å². The van der Waals surface area contributed by atoms with Crippen LogP contribution >= 0.6 is 23.4 Å². The summed E-state index contributed by atoms with van der Waals surface area (Å²) in [7, 11) is -2.69. The number of amides is 1. The van der Waals surface area contributed by atoms with Crippen molar-refractivity contribution in [3.05, 3.63) is 77.8 Å². The Bertz CT molecular complexity index is 1170. The van der Waals surface area contributed by atoms with Gasteiger partial charge in [0.25, 0.3) is 0 Å². The van der Waals surface area contributed by atoms with E-state index in [1.807, 2.05) is 42.5 Å². The van der Waals surface area contributed by atoms with Gasteiger partial charge in [0.2, 0.25) is 15.9 Å². The number of carbonyl (C=O) groups is 1. The predicted molar refractivity (Wildman–Crippen MR) is 123 cm³/mol. The number of carbonyl (C=O) groups excluding carboxylic acids is 1. The molecular formula is C22H21ClN2O4S2. The number of hydrogen-bond donors (Lipinski definition) is 2. The molecule has 1 atom stereocenters. The van der Waals surface area contributed by atoms with E-state index in [0.29, 0.717) is 5.69 Å². The van der Waals surface area contributed by atoms with E-state index in [-0.39, 0.29) is 15.7 Å². The minimum atomic E-state index is -4.05. The molecule has 0 aromatic heterocycles.